The Morgan fingerprint density at radius 3 is 2.74 bits per heavy atom. The van der Waals surface area contributed by atoms with E-state index in [1.165, 1.54) is 0 Å². The first-order chi connectivity index (χ1) is 9.11. The zero-order valence-corrected chi connectivity index (χ0v) is 12.3. The van der Waals surface area contributed by atoms with Gasteiger partial charge in [0.1, 0.15) is 0 Å². The fourth-order valence-electron chi connectivity index (χ4n) is 1.95. The molecule has 4 heteroatoms. The van der Waals surface area contributed by atoms with Gasteiger partial charge in [0.15, 0.2) is 0 Å². The van der Waals surface area contributed by atoms with Crippen molar-refractivity contribution in [1.29, 1.82) is 0 Å². The van der Waals surface area contributed by atoms with E-state index in [2.05, 4.69) is 5.32 Å². The van der Waals surface area contributed by atoms with E-state index in [4.69, 9.17) is 4.74 Å². The molecule has 0 fully saturated rings. The highest BCUT2D eigenvalue weighted by atomic mass is 16.5. The van der Waals surface area contributed by atoms with Crippen LogP contribution in [0, 0.1) is 0 Å². The smallest absolute Gasteiger partial charge is 0.254 e. The Morgan fingerprint density at radius 2 is 2.11 bits per heavy atom. The van der Waals surface area contributed by atoms with Crippen LogP contribution in [0.25, 0.3) is 0 Å². The number of rotatable bonds is 7. The molecule has 19 heavy (non-hydrogen) atoms. The summed E-state index contributed by atoms with van der Waals surface area (Å²) >= 11 is 0. The Hall–Kier alpha value is -1.39. The number of amides is 1. The van der Waals surface area contributed by atoms with Crippen molar-refractivity contribution in [1.82, 2.24) is 10.2 Å². The molecular weight excluding hydrogens is 240 g/mol. The van der Waals surface area contributed by atoms with Gasteiger partial charge in [-0.2, -0.15) is 0 Å². The highest BCUT2D eigenvalue weighted by Gasteiger charge is 2.19. The van der Waals surface area contributed by atoms with Gasteiger partial charge in [-0.05, 0) is 38.6 Å². The molecule has 0 radical (unpaired) electrons. The highest BCUT2D eigenvalue weighted by molar-refractivity contribution is 5.95. The van der Waals surface area contributed by atoms with E-state index in [9.17, 15) is 4.79 Å². The van der Waals surface area contributed by atoms with E-state index in [0.29, 0.717) is 6.61 Å². The standard InChI is InChI=1S/C15H24N2O2/c1-12(11-19-4)17(3)15(18)14-8-6-5-7-13(14)9-10-16-2/h5-8,12,16H,9-11H2,1-4H3. The molecule has 106 valence electrons. The van der Waals surface area contributed by atoms with E-state index in [0.717, 1.165) is 24.1 Å². The molecule has 0 saturated heterocycles. The summed E-state index contributed by atoms with van der Waals surface area (Å²) < 4.78 is 5.10. The minimum absolute atomic E-state index is 0.0521. The molecule has 1 unspecified atom stereocenters. The molecule has 4 nitrogen and oxygen atoms in total. The second-order valence-electron chi connectivity index (χ2n) is 4.73. The maximum atomic E-state index is 12.5. The zero-order valence-electron chi connectivity index (χ0n) is 12.3. The van der Waals surface area contributed by atoms with E-state index in [1.807, 2.05) is 45.3 Å². The predicted octanol–water partition coefficient (Wildman–Crippen LogP) is 1.56. The van der Waals surface area contributed by atoms with Crippen molar-refractivity contribution in [2.45, 2.75) is 19.4 Å². The van der Waals surface area contributed by atoms with Crippen LogP contribution in [0.2, 0.25) is 0 Å². The molecule has 0 aromatic heterocycles. The first kappa shape index (κ1) is 15.7. The topological polar surface area (TPSA) is 41.6 Å². The number of hydrogen-bond donors (Lipinski definition) is 1. The molecule has 0 saturated carbocycles. The van der Waals surface area contributed by atoms with Crippen molar-refractivity contribution in [2.75, 3.05) is 34.4 Å². The summed E-state index contributed by atoms with van der Waals surface area (Å²) in [6.07, 6.45) is 0.852. The van der Waals surface area contributed by atoms with Gasteiger partial charge in [0.2, 0.25) is 0 Å². The molecule has 0 aliphatic heterocycles. The van der Waals surface area contributed by atoms with Crippen LogP contribution in [-0.4, -0.2) is 51.2 Å². The monoisotopic (exact) mass is 264 g/mol. The summed E-state index contributed by atoms with van der Waals surface area (Å²) in [5.74, 6) is 0.0521. The lowest BCUT2D eigenvalue weighted by atomic mass is 10.0. The molecule has 1 rings (SSSR count). The van der Waals surface area contributed by atoms with Crippen LogP contribution in [-0.2, 0) is 11.2 Å². The fourth-order valence-corrected chi connectivity index (χ4v) is 1.95. The molecule has 0 bridgehead atoms. The predicted molar refractivity (Wildman–Crippen MR) is 77.5 cm³/mol. The van der Waals surface area contributed by atoms with Crippen molar-refractivity contribution < 1.29 is 9.53 Å². The first-order valence-electron chi connectivity index (χ1n) is 6.60. The minimum atomic E-state index is 0.0521. The van der Waals surface area contributed by atoms with Crippen LogP contribution in [0.5, 0.6) is 0 Å². The zero-order chi connectivity index (χ0) is 14.3. The van der Waals surface area contributed by atoms with Crippen LogP contribution in [0.3, 0.4) is 0 Å². The molecule has 1 aromatic carbocycles. The summed E-state index contributed by atoms with van der Waals surface area (Å²) in [4.78, 5) is 14.2. The summed E-state index contributed by atoms with van der Waals surface area (Å²) in [7, 11) is 5.38. The minimum Gasteiger partial charge on any atom is -0.383 e. The Bertz CT molecular complexity index is 407. The lowest BCUT2D eigenvalue weighted by molar-refractivity contribution is 0.0632. The quantitative estimate of drug-likeness (QED) is 0.812. The van der Waals surface area contributed by atoms with E-state index >= 15 is 0 Å². The van der Waals surface area contributed by atoms with Gasteiger partial charge < -0.3 is 15.0 Å². The number of benzene rings is 1. The van der Waals surface area contributed by atoms with Crippen LogP contribution >= 0.6 is 0 Å². The second kappa shape index (κ2) is 7.92. The van der Waals surface area contributed by atoms with E-state index in [1.54, 1.807) is 12.0 Å². The van der Waals surface area contributed by atoms with Crippen LogP contribution < -0.4 is 5.32 Å². The number of nitrogens with zero attached hydrogens (tertiary/aromatic N) is 1. The Labute approximate surface area is 115 Å². The Balaban J connectivity index is 2.86. The van der Waals surface area contributed by atoms with Crippen LogP contribution in [0.1, 0.15) is 22.8 Å². The van der Waals surface area contributed by atoms with Gasteiger partial charge >= 0.3 is 0 Å². The third-order valence-corrected chi connectivity index (χ3v) is 3.28. The van der Waals surface area contributed by atoms with Gasteiger partial charge in [-0.1, -0.05) is 18.2 Å². The average Bonchev–Trinajstić information content (AvgIpc) is 2.44. The molecule has 0 aliphatic rings. The normalized spacial score (nSPS) is 12.2. The lowest BCUT2D eigenvalue weighted by Gasteiger charge is -2.25. The third-order valence-electron chi connectivity index (χ3n) is 3.28. The van der Waals surface area contributed by atoms with Gasteiger partial charge in [0.05, 0.1) is 12.6 Å². The van der Waals surface area contributed by atoms with Gasteiger partial charge in [-0.15, -0.1) is 0 Å². The van der Waals surface area contributed by atoms with Gasteiger partial charge in [0.25, 0.3) is 5.91 Å². The van der Waals surface area contributed by atoms with Gasteiger partial charge in [-0.3, -0.25) is 4.79 Å². The summed E-state index contributed by atoms with van der Waals surface area (Å²) in [5.41, 5.74) is 1.86. The molecule has 0 spiro atoms. The number of carbonyl (C=O) groups excluding carboxylic acids is 1. The van der Waals surface area contributed by atoms with Crippen molar-refractivity contribution in [3.63, 3.8) is 0 Å². The van der Waals surface area contributed by atoms with Crippen molar-refractivity contribution >= 4 is 5.91 Å². The van der Waals surface area contributed by atoms with E-state index in [-0.39, 0.29) is 11.9 Å². The average molecular weight is 264 g/mol. The third kappa shape index (κ3) is 4.33. The summed E-state index contributed by atoms with van der Waals surface area (Å²) in [5, 5.41) is 3.11. The number of carbonyl (C=O) groups is 1. The molecule has 1 N–H and O–H groups in total. The Kier molecular flexibility index (Phi) is 6.53. The van der Waals surface area contributed by atoms with E-state index < -0.39 is 0 Å². The number of methoxy groups -OCH3 is 1. The van der Waals surface area contributed by atoms with Gasteiger partial charge in [-0.25, -0.2) is 0 Å². The summed E-state index contributed by atoms with van der Waals surface area (Å²) in [6.45, 7) is 3.39. The number of nitrogens with one attached hydrogen (secondary N) is 1. The van der Waals surface area contributed by atoms with Crippen molar-refractivity contribution in [2.24, 2.45) is 0 Å². The second-order valence-corrected chi connectivity index (χ2v) is 4.73. The molecule has 1 atom stereocenters. The highest BCUT2D eigenvalue weighted by Crippen LogP contribution is 2.13. The molecule has 1 amide bonds. The number of ether oxygens (including phenoxy) is 1. The van der Waals surface area contributed by atoms with Crippen molar-refractivity contribution in [3.8, 4) is 0 Å². The molecular formula is C15H24N2O2. The maximum Gasteiger partial charge on any atom is 0.254 e. The lowest BCUT2D eigenvalue weighted by Crippen LogP contribution is -2.38. The Morgan fingerprint density at radius 1 is 1.42 bits per heavy atom. The molecule has 0 heterocycles. The largest absolute Gasteiger partial charge is 0.383 e. The SMILES string of the molecule is CNCCc1ccccc1C(=O)N(C)C(C)COC. The fraction of sp³-hybridized carbons (Fsp3) is 0.533. The molecule has 0 aliphatic carbocycles. The van der Waals surface area contributed by atoms with Crippen LogP contribution in [0.15, 0.2) is 24.3 Å². The maximum absolute atomic E-state index is 12.5. The number of hydrogen-bond acceptors (Lipinski definition) is 3. The van der Waals surface area contributed by atoms with Crippen LogP contribution in [0.4, 0.5) is 0 Å². The summed E-state index contributed by atoms with van der Waals surface area (Å²) in [6, 6.07) is 7.85. The van der Waals surface area contributed by atoms with Gasteiger partial charge in [0, 0.05) is 19.7 Å². The molecule has 1 aromatic rings. The first-order valence-corrected chi connectivity index (χ1v) is 6.60. The number of likely N-dealkylation sites (N-methyl/N-ethyl adjacent to an activating group) is 2. The van der Waals surface area contributed by atoms with Crippen molar-refractivity contribution in [3.05, 3.63) is 35.4 Å².